The highest BCUT2D eigenvalue weighted by atomic mass is 35.5. The highest BCUT2D eigenvalue weighted by Crippen LogP contribution is 2.41. The molecular weight excluding hydrogens is 472 g/mol. The number of nitrogens with zero attached hydrogens (tertiary/aromatic N) is 4. The van der Waals surface area contributed by atoms with Gasteiger partial charge in [-0.15, -0.1) is 0 Å². The fourth-order valence-corrected chi connectivity index (χ4v) is 5.26. The summed E-state index contributed by atoms with van der Waals surface area (Å²) in [7, 11) is 0. The third kappa shape index (κ3) is 5.32. The number of rotatable bonds is 4. The lowest BCUT2D eigenvalue weighted by molar-refractivity contribution is -0.133. The van der Waals surface area contributed by atoms with Crippen LogP contribution in [0.3, 0.4) is 0 Å². The second kappa shape index (κ2) is 9.12. The fraction of sp³-hybridized carbons (Fsp3) is 0.538. The van der Waals surface area contributed by atoms with E-state index in [1.54, 1.807) is 0 Å². The van der Waals surface area contributed by atoms with E-state index >= 15 is 0 Å². The van der Waals surface area contributed by atoms with Crippen LogP contribution in [0.5, 0.6) is 0 Å². The van der Waals surface area contributed by atoms with Crippen molar-refractivity contribution in [2.45, 2.75) is 89.1 Å². The summed E-state index contributed by atoms with van der Waals surface area (Å²) in [5.74, 6) is -2.07. The van der Waals surface area contributed by atoms with Crippen LogP contribution in [-0.4, -0.2) is 38.7 Å². The minimum Gasteiger partial charge on any atom is -0.369 e. The number of amides is 1. The Morgan fingerprint density at radius 1 is 1.17 bits per heavy atom. The summed E-state index contributed by atoms with van der Waals surface area (Å²) in [4.78, 5) is 28.2. The average molecular weight is 504 g/mol. The van der Waals surface area contributed by atoms with Gasteiger partial charge in [0.05, 0.1) is 12.0 Å². The Hall–Kier alpha value is -2.61. The van der Waals surface area contributed by atoms with Gasteiger partial charge in [0.1, 0.15) is 5.82 Å². The quantitative estimate of drug-likeness (QED) is 0.608. The van der Waals surface area contributed by atoms with Crippen molar-refractivity contribution < 1.29 is 13.6 Å². The maximum absolute atomic E-state index is 13.6. The van der Waals surface area contributed by atoms with Gasteiger partial charge in [0.15, 0.2) is 5.96 Å². The molecule has 0 saturated heterocycles. The second-order valence-corrected chi connectivity index (χ2v) is 11.3. The first-order valence-corrected chi connectivity index (χ1v) is 12.3. The Bertz CT molecular complexity index is 1140. The summed E-state index contributed by atoms with van der Waals surface area (Å²) in [5, 5.41) is 0.519. The molecule has 4 rings (SSSR count). The van der Waals surface area contributed by atoms with Crippen LogP contribution in [0.2, 0.25) is 5.02 Å². The molecule has 35 heavy (non-hydrogen) atoms. The largest absolute Gasteiger partial charge is 0.369 e. The van der Waals surface area contributed by atoms with Crippen molar-refractivity contribution in [3.63, 3.8) is 0 Å². The molecule has 0 spiro atoms. The number of benzene rings is 1. The summed E-state index contributed by atoms with van der Waals surface area (Å²) in [6.07, 6.45) is 4.13. The van der Waals surface area contributed by atoms with Gasteiger partial charge in [-0.25, -0.2) is 23.7 Å². The van der Waals surface area contributed by atoms with Gasteiger partial charge in [-0.1, -0.05) is 50.6 Å². The molecule has 1 aliphatic heterocycles. The molecule has 1 aromatic heterocycles. The lowest BCUT2D eigenvalue weighted by Gasteiger charge is -2.41. The summed E-state index contributed by atoms with van der Waals surface area (Å²) >= 11 is 6.84. The Balaban J connectivity index is 1.58. The summed E-state index contributed by atoms with van der Waals surface area (Å²) in [6, 6.07) is 5.32. The molecule has 1 amide bonds. The number of aliphatic imine (C=N–C) groups is 1. The molecule has 9 heteroatoms. The zero-order valence-electron chi connectivity index (χ0n) is 20.6. The maximum atomic E-state index is 13.6. The molecular formula is C26H32ClF2N5O. The highest BCUT2D eigenvalue weighted by molar-refractivity contribution is 6.32. The predicted octanol–water partition coefficient (Wildman–Crippen LogP) is 5.36. The molecule has 6 nitrogen and oxygen atoms in total. The van der Waals surface area contributed by atoms with Crippen LogP contribution < -0.4 is 5.73 Å². The molecule has 1 aromatic carbocycles. The van der Waals surface area contributed by atoms with Gasteiger partial charge >= 0.3 is 0 Å². The van der Waals surface area contributed by atoms with Crippen molar-refractivity contribution >= 4 is 23.5 Å². The van der Waals surface area contributed by atoms with E-state index in [4.69, 9.17) is 17.3 Å². The number of aromatic nitrogens is 2. The van der Waals surface area contributed by atoms with Crippen LogP contribution in [0.25, 0.3) is 0 Å². The standard InChI is InChI=1S/C26H32ClF2N5O/c1-24(2,3)22-31-14-16(15-32-22)12-17-6-5-7-19(21(17)27)25(4)13-20(35)34(23(30)33-25)18-8-10-26(28,29)11-9-18/h5-7,14-15,18H,8-13H2,1-4H3,(H2,30,33)/t25-/m0/s1. The topological polar surface area (TPSA) is 84.5 Å². The first-order chi connectivity index (χ1) is 16.3. The maximum Gasteiger partial charge on any atom is 0.248 e. The number of hydrogen-bond donors (Lipinski definition) is 1. The van der Waals surface area contributed by atoms with Gasteiger partial charge in [-0.2, -0.15) is 0 Å². The molecule has 0 bridgehead atoms. The van der Waals surface area contributed by atoms with E-state index in [2.05, 4.69) is 35.7 Å². The summed E-state index contributed by atoms with van der Waals surface area (Å²) in [5.41, 5.74) is 7.66. The van der Waals surface area contributed by atoms with Gasteiger partial charge in [-0.3, -0.25) is 9.69 Å². The van der Waals surface area contributed by atoms with E-state index in [-0.39, 0.29) is 55.4 Å². The smallest absolute Gasteiger partial charge is 0.248 e. The van der Waals surface area contributed by atoms with E-state index in [1.807, 2.05) is 37.5 Å². The van der Waals surface area contributed by atoms with Crippen molar-refractivity contribution in [1.82, 2.24) is 14.9 Å². The Labute approximate surface area is 210 Å². The number of hydrogen-bond acceptors (Lipinski definition) is 5. The van der Waals surface area contributed by atoms with Crippen LogP contribution in [0, 0.1) is 0 Å². The molecule has 0 radical (unpaired) electrons. The first kappa shape index (κ1) is 25.5. The minimum atomic E-state index is -2.68. The second-order valence-electron chi connectivity index (χ2n) is 10.9. The molecule has 2 N–H and O–H groups in total. The summed E-state index contributed by atoms with van der Waals surface area (Å²) in [6.45, 7) is 8.01. The van der Waals surface area contributed by atoms with E-state index in [0.717, 1.165) is 17.0 Å². The van der Waals surface area contributed by atoms with E-state index in [1.165, 1.54) is 4.90 Å². The minimum absolute atomic E-state index is 0.0617. The summed E-state index contributed by atoms with van der Waals surface area (Å²) < 4.78 is 27.2. The Morgan fingerprint density at radius 3 is 2.37 bits per heavy atom. The lowest BCUT2D eigenvalue weighted by atomic mass is 9.84. The molecule has 2 aliphatic rings. The normalized spacial score (nSPS) is 23.3. The molecule has 1 atom stereocenters. The Morgan fingerprint density at radius 2 is 1.80 bits per heavy atom. The number of nitrogens with two attached hydrogens (primary N) is 1. The lowest BCUT2D eigenvalue weighted by Crippen LogP contribution is -2.55. The Kier molecular flexibility index (Phi) is 6.64. The van der Waals surface area contributed by atoms with E-state index < -0.39 is 11.5 Å². The van der Waals surface area contributed by atoms with Crippen LogP contribution in [0.4, 0.5) is 8.78 Å². The predicted molar refractivity (Wildman–Crippen MR) is 133 cm³/mol. The molecule has 0 unspecified atom stereocenters. The van der Waals surface area contributed by atoms with Crippen molar-refractivity contribution in [3.05, 3.63) is 58.1 Å². The molecule has 2 heterocycles. The van der Waals surface area contributed by atoms with Crippen LogP contribution >= 0.6 is 11.6 Å². The van der Waals surface area contributed by atoms with Gasteiger partial charge in [0, 0.05) is 48.1 Å². The number of halogens is 3. The molecule has 1 saturated carbocycles. The van der Waals surface area contributed by atoms with Gasteiger partial charge < -0.3 is 5.73 Å². The first-order valence-electron chi connectivity index (χ1n) is 11.9. The van der Waals surface area contributed by atoms with Crippen molar-refractivity contribution in [1.29, 1.82) is 0 Å². The third-order valence-corrected chi connectivity index (χ3v) is 7.30. The number of carbonyl (C=O) groups excluding carboxylic acids is 1. The number of carbonyl (C=O) groups is 1. The average Bonchev–Trinajstić information content (AvgIpc) is 2.75. The van der Waals surface area contributed by atoms with Crippen LogP contribution in [0.1, 0.15) is 82.3 Å². The molecule has 1 fully saturated rings. The number of guanidine groups is 1. The van der Waals surface area contributed by atoms with Gasteiger partial charge in [0.25, 0.3) is 0 Å². The zero-order valence-corrected chi connectivity index (χ0v) is 21.4. The molecule has 2 aromatic rings. The van der Waals surface area contributed by atoms with E-state index in [0.29, 0.717) is 17.0 Å². The van der Waals surface area contributed by atoms with Crippen molar-refractivity contribution in [2.75, 3.05) is 0 Å². The zero-order chi connectivity index (χ0) is 25.6. The van der Waals surface area contributed by atoms with Crippen molar-refractivity contribution in [2.24, 2.45) is 10.7 Å². The molecule has 188 valence electrons. The van der Waals surface area contributed by atoms with Crippen molar-refractivity contribution in [3.8, 4) is 0 Å². The fourth-order valence-electron chi connectivity index (χ4n) is 4.87. The monoisotopic (exact) mass is 503 g/mol. The van der Waals surface area contributed by atoms with E-state index in [9.17, 15) is 13.6 Å². The van der Waals surface area contributed by atoms with Gasteiger partial charge in [0.2, 0.25) is 11.8 Å². The highest BCUT2D eigenvalue weighted by Gasteiger charge is 2.44. The SMILES string of the molecule is CC(C)(C)c1ncc(Cc2cccc([C@]3(C)CC(=O)N(C4CCC(F)(F)CC4)C(N)=N3)c2Cl)cn1. The van der Waals surface area contributed by atoms with Gasteiger partial charge in [-0.05, 0) is 36.5 Å². The van der Waals surface area contributed by atoms with Crippen LogP contribution in [0.15, 0.2) is 35.6 Å². The number of alkyl halides is 2. The molecule has 1 aliphatic carbocycles. The van der Waals surface area contributed by atoms with Crippen LogP contribution in [-0.2, 0) is 22.2 Å². The third-order valence-electron chi connectivity index (χ3n) is 6.85.